The van der Waals surface area contributed by atoms with E-state index in [-0.39, 0.29) is 0 Å². The van der Waals surface area contributed by atoms with Gasteiger partial charge in [0.05, 0.1) is 0 Å². The lowest BCUT2D eigenvalue weighted by atomic mass is 9.96. The van der Waals surface area contributed by atoms with E-state index in [4.69, 9.17) is 10.8 Å². The Morgan fingerprint density at radius 3 is 2.83 bits per heavy atom. The first-order valence-electron chi connectivity index (χ1n) is 3.67. The second kappa shape index (κ2) is 3.25. The summed E-state index contributed by atoms with van der Waals surface area (Å²) in [4.78, 5) is 11.5. The molecule has 0 spiro atoms. The molecule has 0 amide bonds. The van der Waals surface area contributed by atoms with Crippen LogP contribution in [0.15, 0.2) is 17.5 Å². The molecule has 3 N–H and O–H groups in total. The molecule has 1 atom stereocenters. The highest BCUT2D eigenvalue weighted by Crippen LogP contribution is 2.26. The molecule has 66 valence electrons. The maximum Gasteiger partial charge on any atom is 0.329 e. The lowest BCUT2D eigenvalue weighted by molar-refractivity contribution is -0.143. The Morgan fingerprint density at radius 2 is 2.50 bits per heavy atom. The Bertz CT molecular complexity index is 271. The molecule has 1 aromatic heterocycles. The topological polar surface area (TPSA) is 63.3 Å². The summed E-state index contributed by atoms with van der Waals surface area (Å²) in [5.41, 5.74) is 4.52. The number of hydrogen-bond donors (Lipinski definition) is 2. The molecule has 0 fully saturated rings. The number of rotatable bonds is 3. The molecule has 0 saturated carbocycles. The van der Waals surface area contributed by atoms with E-state index >= 15 is 0 Å². The molecule has 0 aromatic carbocycles. The average Bonchev–Trinajstić information content (AvgIpc) is 2.54. The van der Waals surface area contributed by atoms with Gasteiger partial charge < -0.3 is 10.8 Å². The van der Waals surface area contributed by atoms with Crippen LogP contribution in [0, 0.1) is 0 Å². The van der Waals surface area contributed by atoms with Crippen LogP contribution < -0.4 is 5.73 Å². The third kappa shape index (κ3) is 1.35. The molecule has 1 aromatic rings. The average molecular weight is 185 g/mol. The van der Waals surface area contributed by atoms with E-state index in [1.165, 1.54) is 11.3 Å². The molecule has 0 saturated heterocycles. The maximum absolute atomic E-state index is 10.8. The molecular formula is C8H11NO2S. The lowest BCUT2D eigenvalue weighted by Gasteiger charge is -2.20. The Labute approximate surface area is 74.8 Å². The molecule has 1 heterocycles. The zero-order valence-corrected chi connectivity index (χ0v) is 7.60. The minimum Gasteiger partial charge on any atom is -0.480 e. The van der Waals surface area contributed by atoms with Gasteiger partial charge in [0.15, 0.2) is 0 Å². The van der Waals surface area contributed by atoms with E-state index in [0.717, 1.165) is 0 Å². The van der Waals surface area contributed by atoms with E-state index in [9.17, 15) is 4.79 Å². The van der Waals surface area contributed by atoms with Gasteiger partial charge in [-0.3, -0.25) is 0 Å². The van der Waals surface area contributed by atoms with Crippen LogP contribution in [0.1, 0.15) is 18.2 Å². The predicted molar refractivity (Wildman–Crippen MR) is 48.1 cm³/mol. The second-order valence-electron chi connectivity index (χ2n) is 2.61. The van der Waals surface area contributed by atoms with Crippen molar-refractivity contribution in [3.63, 3.8) is 0 Å². The smallest absolute Gasteiger partial charge is 0.329 e. The van der Waals surface area contributed by atoms with E-state index in [1.54, 1.807) is 19.1 Å². The SMILES string of the molecule is CC[C@](N)(C(=O)O)c1cccs1. The highest BCUT2D eigenvalue weighted by molar-refractivity contribution is 7.10. The summed E-state index contributed by atoms with van der Waals surface area (Å²) in [5, 5.41) is 10.7. The Kier molecular flexibility index (Phi) is 2.49. The van der Waals surface area contributed by atoms with Gasteiger partial charge in [0, 0.05) is 4.88 Å². The molecule has 4 heteroatoms. The van der Waals surface area contributed by atoms with Crippen LogP contribution >= 0.6 is 11.3 Å². The molecular weight excluding hydrogens is 174 g/mol. The van der Waals surface area contributed by atoms with Gasteiger partial charge in [0.25, 0.3) is 0 Å². The fourth-order valence-electron chi connectivity index (χ4n) is 0.963. The molecule has 0 aliphatic rings. The number of hydrogen-bond acceptors (Lipinski definition) is 3. The van der Waals surface area contributed by atoms with Crippen molar-refractivity contribution in [3.05, 3.63) is 22.4 Å². The zero-order valence-electron chi connectivity index (χ0n) is 6.78. The summed E-state index contributed by atoms with van der Waals surface area (Å²) in [5.74, 6) is -0.965. The summed E-state index contributed by atoms with van der Waals surface area (Å²) < 4.78 is 0. The number of nitrogens with two attached hydrogens (primary N) is 1. The largest absolute Gasteiger partial charge is 0.480 e. The van der Waals surface area contributed by atoms with Gasteiger partial charge in [-0.25, -0.2) is 4.79 Å². The number of aliphatic carboxylic acids is 1. The Hall–Kier alpha value is -0.870. The van der Waals surface area contributed by atoms with Gasteiger partial charge in [-0.2, -0.15) is 0 Å². The van der Waals surface area contributed by atoms with Crippen molar-refractivity contribution < 1.29 is 9.90 Å². The van der Waals surface area contributed by atoms with Crippen LogP contribution in [0.25, 0.3) is 0 Å². The van der Waals surface area contributed by atoms with E-state index in [2.05, 4.69) is 0 Å². The van der Waals surface area contributed by atoms with E-state index < -0.39 is 11.5 Å². The van der Waals surface area contributed by atoms with Gasteiger partial charge in [0.2, 0.25) is 0 Å². The molecule has 0 radical (unpaired) electrons. The zero-order chi connectivity index (χ0) is 9.19. The first-order valence-corrected chi connectivity index (χ1v) is 4.55. The van der Waals surface area contributed by atoms with Crippen molar-refractivity contribution in [2.24, 2.45) is 5.73 Å². The van der Waals surface area contributed by atoms with Crippen molar-refractivity contribution in [3.8, 4) is 0 Å². The third-order valence-corrected chi connectivity index (χ3v) is 2.95. The molecule has 0 aliphatic carbocycles. The van der Waals surface area contributed by atoms with Crippen molar-refractivity contribution >= 4 is 17.3 Å². The van der Waals surface area contributed by atoms with Crippen LogP contribution in [-0.2, 0) is 10.3 Å². The molecule has 12 heavy (non-hydrogen) atoms. The van der Waals surface area contributed by atoms with Crippen LogP contribution in [0.3, 0.4) is 0 Å². The highest BCUT2D eigenvalue weighted by Gasteiger charge is 2.34. The first kappa shape index (κ1) is 9.22. The summed E-state index contributed by atoms with van der Waals surface area (Å²) in [6.07, 6.45) is 0.406. The lowest BCUT2D eigenvalue weighted by Crippen LogP contribution is -2.43. The molecule has 0 unspecified atom stereocenters. The minimum absolute atomic E-state index is 0.406. The van der Waals surface area contributed by atoms with Crippen molar-refractivity contribution in [1.29, 1.82) is 0 Å². The summed E-state index contributed by atoms with van der Waals surface area (Å²) in [6.45, 7) is 1.77. The van der Waals surface area contributed by atoms with Gasteiger partial charge in [-0.05, 0) is 17.9 Å². The minimum atomic E-state index is -1.20. The number of thiophene rings is 1. The maximum atomic E-state index is 10.8. The number of carbonyl (C=O) groups is 1. The van der Waals surface area contributed by atoms with E-state index in [0.29, 0.717) is 11.3 Å². The molecule has 3 nitrogen and oxygen atoms in total. The van der Waals surface area contributed by atoms with Gasteiger partial charge >= 0.3 is 5.97 Å². The van der Waals surface area contributed by atoms with Crippen LogP contribution in [0.4, 0.5) is 0 Å². The summed E-state index contributed by atoms with van der Waals surface area (Å²) in [6, 6.07) is 3.56. The fraction of sp³-hybridized carbons (Fsp3) is 0.375. The van der Waals surface area contributed by atoms with Crippen molar-refractivity contribution in [2.45, 2.75) is 18.9 Å². The molecule has 0 aliphatic heterocycles. The van der Waals surface area contributed by atoms with Crippen LogP contribution in [-0.4, -0.2) is 11.1 Å². The summed E-state index contributed by atoms with van der Waals surface area (Å²) >= 11 is 1.38. The quantitative estimate of drug-likeness (QED) is 0.748. The van der Waals surface area contributed by atoms with Gasteiger partial charge in [0.1, 0.15) is 5.54 Å². The monoisotopic (exact) mass is 185 g/mol. The second-order valence-corrected chi connectivity index (χ2v) is 3.56. The highest BCUT2D eigenvalue weighted by atomic mass is 32.1. The predicted octanol–water partition coefficient (Wildman–Crippen LogP) is 1.40. The van der Waals surface area contributed by atoms with E-state index in [1.807, 2.05) is 5.38 Å². The van der Waals surface area contributed by atoms with Crippen molar-refractivity contribution in [2.75, 3.05) is 0 Å². The van der Waals surface area contributed by atoms with Gasteiger partial charge in [-0.1, -0.05) is 13.0 Å². The Morgan fingerprint density at radius 1 is 1.83 bits per heavy atom. The normalized spacial score (nSPS) is 15.5. The molecule has 0 bridgehead atoms. The third-order valence-electron chi connectivity index (χ3n) is 1.90. The first-order chi connectivity index (χ1) is 5.61. The Balaban J connectivity index is 3.04. The van der Waals surface area contributed by atoms with Crippen molar-refractivity contribution in [1.82, 2.24) is 0 Å². The summed E-state index contributed by atoms with van der Waals surface area (Å²) in [7, 11) is 0. The fourth-order valence-corrected chi connectivity index (χ4v) is 1.87. The van der Waals surface area contributed by atoms with Crippen LogP contribution in [0.2, 0.25) is 0 Å². The molecule has 1 rings (SSSR count). The van der Waals surface area contributed by atoms with Gasteiger partial charge in [-0.15, -0.1) is 11.3 Å². The van der Waals surface area contributed by atoms with Crippen LogP contribution in [0.5, 0.6) is 0 Å². The number of carboxylic acid groups (broad SMARTS) is 1. The number of carboxylic acids is 1. The standard InChI is InChI=1S/C8H11NO2S/c1-2-8(9,7(10)11)6-4-3-5-12-6/h3-5H,2,9H2,1H3,(H,10,11)/t8-/m1/s1.